The van der Waals surface area contributed by atoms with Crippen molar-refractivity contribution in [3.8, 4) is 0 Å². The van der Waals surface area contributed by atoms with Gasteiger partial charge in [0.1, 0.15) is 12.6 Å². The molecule has 0 bridgehead atoms. The van der Waals surface area contributed by atoms with E-state index in [0.29, 0.717) is 5.56 Å². The van der Waals surface area contributed by atoms with E-state index in [1.54, 1.807) is 24.3 Å². The third-order valence-corrected chi connectivity index (χ3v) is 2.06. The molecule has 1 rings (SSSR count). The maximum atomic E-state index is 10.2. The molecule has 7 heteroatoms. The number of nitrogens with two attached hydrogens (primary N) is 1. The Bertz CT molecular complexity index is 366. The molecule has 0 amide bonds. The standard InChI is InChI=1S/C8H12N3O3P/c9-8(10)6-1-3-7(4-2-6)11-5-14-15(12)13/h1-4,11,15H,5H2,(H3,9,10)(H,12,13). The molecule has 0 aliphatic heterocycles. The lowest BCUT2D eigenvalue weighted by Gasteiger charge is -2.05. The molecule has 0 heterocycles. The number of hydrogen-bond donors (Lipinski definition) is 4. The fraction of sp³-hybridized carbons (Fsp3) is 0.125. The van der Waals surface area contributed by atoms with Crippen LogP contribution < -0.4 is 11.1 Å². The minimum atomic E-state index is -2.89. The molecule has 1 aromatic rings. The monoisotopic (exact) mass is 229 g/mol. The SMILES string of the molecule is N=C(N)c1ccc(NCO[PH](=O)O)cc1. The zero-order valence-electron chi connectivity index (χ0n) is 7.86. The molecule has 82 valence electrons. The van der Waals surface area contributed by atoms with E-state index in [1.807, 2.05) is 0 Å². The average Bonchev–Trinajstić information content (AvgIpc) is 2.18. The van der Waals surface area contributed by atoms with Gasteiger partial charge in [0, 0.05) is 11.3 Å². The minimum absolute atomic E-state index is 0.00166. The average molecular weight is 229 g/mol. The third-order valence-electron chi connectivity index (χ3n) is 1.67. The fourth-order valence-electron chi connectivity index (χ4n) is 0.949. The van der Waals surface area contributed by atoms with Gasteiger partial charge in [-0.1, -0.05) is 0 Å². The van der Waals surface area contributed by atoms with Crippen molar-refractivity contribution in [2.45, 2.75) is 0 Å². The van der Waals surface area contributed by atoms with Crippen LogP contribution in [0, 0.1) is 5.41 Å². The van der Waals surface area contributed by atoms with Crippen molar-refractivity contribution in [3.05, 3.63) is 29.8 Å². The van der Waals surface area contributed by atoms with Gasteiger partial charge >= 0.3 is 8.25 Å². The quantitative estimate of drug-likeness (QED) is 0.258. The molecular weight excluding hydrogens is 217 g/mol. The van der Waals surface area contributed by atoms with E-state index in [-0.39, 0.29) is 12.6 Å². The minimum Gasteiger partial charge on any atom is -0.384 e. The highest BCUT2D eigenvalue weighted by Crippen LogP contribution is 2.15. The van der Waals surface area contributed by atoms with Crippen molar-refractivity contribution in [3.63, 3.8) is 0 Å². The lowest BCUT2D eigenvalue weighted by atomic mass is 10.2. The van der Waals surface area contributed by atoms with Crippen LogP contribution in [0.1, 0.15) is 5.56 Å². The molecule has 0 aromatic heterocycles. The lowest BCUT2D eigenvalue weighted by Crippen LogP contribution is -2.10. The first-order valence-corrected chi connectivity index (χ1v) is 5.40. The second-order valence-electron chi connectivity index (χ2n) is 2.72. The molecule has 0 fully saturated rings. The van der Waals surface area contributed by atoms with Crippen LogP contribution in [-0.2, 0) is 9.09 Å². The van der Waals surface area contributed by atoms with Crippen LogP contribution in [0.4, 0.5) is 5.69 Å². The van der Waals surface area contributed by atoms with Crippen LogP contribution in [0.15, 0.2) is 24.3 Å². The van der Waals surface area contributed by atoms with E-state index in [1.165, 1.54) is 0 Å². The summed E-state index contributed by atoms with van der Waals surface area (Å²) in [6, 6.07) is 6.75. The molecule has 1 unspecified atom stereocenters. The molecule has 0 saturated carbocycles. The van der Waals surface area contributed by atoms with Gasteiger partial charge in [-0.15, -0.1) is 0 Å². The molecule has 15 heavy (non-hydrogen) atoms. The highest BCUT2D eigenvalue weighted by Gasteiger charge is 1.97. The molecule has 0 spiro atoms. The van der Waals surface area contributed by atoms with Crippen molar-refractivity contribution in [2.24, 2.45) is 5.73 Å². The molecule has 6 nitrogen and oxygen atoms in total. The summed E-state index contributed by atoms with van der Waals surface area (Å²) in [5.41, 5.74) is 6.62. The van der Waals surface area contributed by atoms with Crippen molar-refractivity contribution >= 4 is 19.8 Å². The van der Waals surface area contributed by atoms with Gasteiger partial charge in [0.15, 0.2) is 0 Å². The van der Waals surface area contributed by atoms with Crippen LogP contribution in [0.5, 0.6) is 0 Å². The van der Waals surface area contributed by atoms with Gasteiger partial charge in [0.05, 0.1) is 0 Å². The molecule has 5 N–H and O–H groups in total. The van der Waals surface area contributed by atoms with Crippen molar-refractivity contribution in [2.75, 3.05) is 12.0 Å². The smallest absolute Gasteiger partial charge is 0.318 e. The third kappa shape index (κ3) is 4.12. The van der Waals surface area contributed by atoms with E-state index in [2.05, 4.69) is 9.84 Å². The Morgan fingerprint density at radius 1 is 1.53 bits per heavy atom. The van der Waals surface area contributed by atoms with Crippen LogP contribution in [0.3, 0.4) is 0 Å². The molecule has 1 atom stereocenters. The largest absolute Gasteiger partial charge is 0.384 e. The summed E-state index contributed by atoms with van der Waals surface area (Å²) in [6.07, 6.45) is 0. The van der Waals surface area contributed by atoms with E-state index in [0.717, 1.165) is 5.69 Å². The number of hydrogen-bond acceptors (Lipinski definition) is 4. The number of rotatable bonds is 5. The molecule has 0 radical (unpaired) electrons. The summed E-state index contributed by atoms with van der Waals surface area (Å²) in [7, 11) is -2.89. The Kier molecular flexibility index (Phi) is 4.30. The fourth-order valence-corrected chi connectivity index (χ4v) is 1.14. The summed E-state index contributed by atoms with van der Waals surface area (Å²) < 4.78 is 14.7. The van der Waals surface area contributed by atoms with Gasteiger partial charge in [-0.25, -0.2) is 0 Å². The Labute approximate surface area is 87.5 Å². The van der Waals surface area contributed by atoms with Crippen LogP contribution in [0.25, 0.3) is 0 Å². The zero-order valence-corrected chi connectivity index (χ0v) is 8.86. The number of nitrogens with one attached hydrogen (secondary N) is 2. The maximum absolute atomic E-state index is 10.2. The summed E-state index contributed by atoms with van der Waals surface area (Å²) in [6.45, 7) is -0.0340. The molecular formula is C8H12N3O3P. The summed E-state index contributed by atoms with van der Waals surface area (Å²) in [5.74, 6) is -0.00166. The number of benzene rings is 1. The van der Waals surface area contributed by atoms with Gasteiger partial charge in [0.25, 0.3) is 0 Å². The summed E-state index contributed by atoms with van der Waals surface area (Å²) >= 11 is 0. The molecule has 0 aliphatic rings. The predicted octanol–water partition coefficient (Wildman–Crippen LogP) is 0.739. The summed E-state index contributed by atoms with van der Waals surface area (Å²) in [4.78, 5) is 8.39. The van der Waals surface area contributed by atoms with Gasteiger partial charge in [0.2, 0.25) is 0 Å². The van der Waals surface area contributed by atoms with Gasteiger partial charge in [-0.3, -0.25) is 14.5 Å². The highest BCUT2D eigenvalue weighted by molar-refractivity contribution is 7.32. The maximum Gasteiger partial charge on any atom is 0.318 e. The number of nitrogen functional groups attached to an aromatic ring is 1. The highest BCUT2D eigenvalue weighted by atomic mass is 31.1. The first-order valence-electron chi connectivity index (χ1n) is 4.13. The second kappa shape index (κ2) is 5.50. The van der Waals surface area contributed by atoms with Gasteiger partial charge in [-0.2, -0.15) is 0 Å². The van der Waals surface area contributed by atoms with Gasteiger partial charge < -0.3 is 15.9 Å². The topological polar surface area (TPSA) is 108 Å². The predicted molar refractivity (Wildman–Crippen MR) is 58.3 cm³/mol. The first kappa shape index (κ1) is 11.7. The van der Waals surface area contributed by atoms with E-state index >= 15 is 0 Å². The first-order chi connectivity index (χ1) is 7.09. The van der Waals surface area contributed by atoms with Crippen LogP contribution in [-0.4, -0.2) is 17.5 Å². The number of anilines is 1. The Morgan fingerprint density at radius 2 is 2.13 bits per heavy atom. The Morgan fingerprint density at radius 3 is 2.60 bits per heavy atom. The second-order valence-corrected chi connectivity index (χ2v) is 3.54. The van der Waals surface area contributed by atoms with Crippen molar-refractivity contribution in [1.29, 1.82) is 5.41 Å². The number of amidine groups is 1. The Hall–Kier alpha value is -1.36. The van der Waals surface area contributed by atoms with Crippen LogP contribution in [0.2, 0.25) is 0 Å². The van der Waals surface area contributed by atoms with Crippen molar-refractivity contribution < 1.29 is 14.0 Å². The van der Waals surface area contributed by atoms with Crippen LogP contribution >= 0.6 is 8.25 Å². The normalized spacial score (nSPS) is 12.1. The van der Waals surface area contributed by atoms with Gasteiger partial charge in [-0.05, 0) is 24.3 Å². The Balaban J connectivity index is 2.50. The summed E-state index contributed by atoms with van der Waals surface area (Å²) in [5, 5.41) is 9.94. The molecule has 0 saturated heterocycles. The molecule has 1 aromatic carbocycles. The van der Waals surface area contributed by atoms with E-state index in [4.69, 9.17) is 16.0 Å². The van der Waals surface area contributed by atoms with E-state index < -0.39 is 8.25 Å². The zero-order chi connectivity index (χ0) is 11.3. The van der Waals surface area contributed by atoms with Crippen molar-refractivity contribution in [1.82, 2.24) is 0 Å². The van der Waals surface area contributed by atoms with E-state index in [9.17, 15) is 4.57 Å². The molecule has 0 aliphatic carbocycles. The lowest BCUT2D eigenvalue weighted by molar-refractivity contribution is 0.302.